The molecule has 0 spiro atoms. The van der Waals surface area contributed by atoms with Crippen LogP contribution in [-0.4, -0.2) is 31.7 Å². The van der Waals surface area contributed by atoms with Crippen molar-refractivity contribution in [3.05, 3.63) is 78.4 Å². The number of anilines is 1. The summed E-state index contributed by atoms with van der Waals surface area (Å²) >= 11 is 0. The maximum absolute atomic E-state index is 12.9. The number of ether oxygens (including phenoxy) is 3. The predicted octanol–water partition coefficient (Wildman–Crippen LogP) is 5.57. The summed E-state index contributed by atoms with van der Waals surface area (Å²) in [6.07, 6.45) is 0. The summed E-state index contributed by atoms with van der Waals surface area (Å²) in [6.45, 7) is 2.46. The van der Waals surface area contributed by atoms with Gasteiger partial charge in [0.25, 0.3) is 5.91 Å². The van der Waals surface area contributed by atoms with Gasteiger partial charge in [0.05, 0.1) is 32.0 Å². The first kappa shape index (κ1) is 21.2. The number of hydrogen-bond acceptors (Lipinski definition) is 5. The van der Waals surface area contributed by atoms with Gasteiger partial charge in [-0.25, -0.2) is 4.98 Å². The number of nitrogens with one attached hydrogen (secondary N) is 1. The molecule has 1 amide bonds. The molecule has 0 bridgehead atoms. The molecule has 1 aromatic heterocycles. The molecule has 3 aromatic carbocycles. The quantitative estimate of drug-likeness (QED) is 0.417. The highest BCUT2D eigenvalue weighted by Gasteiger charge is 2.13. The summed E-state index contributed by atoms with van der Waals surface area (Å²) < 4.78 is 16.4. The lowest BCUT2D eigenvalue weighted by Crippen LogP contribution is -2.12. The van der Waals surface area contributed by atoms with Crippen LogP contribution < -0.4 is 19.5 Å². The lowest BCUT2D eigenvalue weighted by Gasteiger charge is -2.13. The van der Waals surface area contributed by atoms with Crippen LogP contribution in [0.1, 0.15) is 17.3 Å². The minimum absolute atomic E-state index is 0.270. The van der Waals surface area contributed by atoms with E-state index < -0.39 is 0 Å². The molecule has 0 saturated carbocycles. The Morgan fingerprint density at radius 1 is 0.906 bits per heavy atom. The SMILES string of the molecule is CCOc1cc(-c2ccccc2)nc2ccc(NC(=O)c3cc(OC)cc(OC)c3)cc12. The van der Waals surface area contributed by atoms with Gasteiger partial charge in [0.1, 0.15) is 17.2 Å². The number of carbonyl (C=O) groups excluding carboxylic acids is 1. The zero-order valence-electron chi connectivity index (χ0n) is 18.2. The van der Waals surface area contributed by atoms with E-state index >= 15 is 0 Å². The third-order valence-corrected chi connectivity index (χ3v) is 5.01. The predicted molar refractivity (Wildman–Crippen MR) is 126 cm³/mol. The highest BCUT2D eigenvalue weighted by molar-refractivity contribution is 6.06. The van der Waals surface area contributed by atoms with E-state index in [1.165, 1.54) is 0 Å². The standard InChI is InChI=1S/C26H24N2O4/c1-4-32-25-16-24(17-8-6-5-7-9-17)28-23-11-10-19(14-22(23)25)27-26(29)18-12-20(30-2)15-21(13-18)31-3/h5-16H,4H2,1-3H3,(H,27,29). The molecule has 1 N–H and O–H groups in total. The molecule has 0 radical (unpaired) electrons. The molecule has 6 nitrogen and oxygen atoms in total. The van der Waals surface area contributed by atoms with Crippen LogP contribution in [0, 0.1) is 0 Å². The average Bonchev–Trinajstić information content (AvgIpc) is 2.84. The number of aromatic nitrogens is 1. The van der Waals surface area contributed by atoms with E-state index in [2.05, 4.69) is 5.32 Å². The third kappa shape index (κ3) is 4.49. The summed E-state index contributed by atoms with van der Waals surface area (Å²) in [5.74, 6) is 1.54. The van der Waals surface area contributed by atoms with Gasteiger partial charge in [-0.2, -0.15) is 0 Å². The van der Waals surface area contributed by atoms with E-state index in [-0.39, 0.29) is 5.91 Å². The minimum Gasteiger partial charge on any atom is -0.497 e. The molecule has 0 fully saturated rings. The molecular weight excluding hydrogens is 404 g/mol. The number of hydrogen-bond donors (Lipinski definition) is 1. The molecule has 0 aliphatic heterocycles. The third-order valence-electron chi connectivity index (χ3n) is 5.01. The van der Waals surface area contributed by atoms with Crippen molar-refractivity contribution in [3.63, 3.8) is 0 Å². The Bertz CT molecular complexity index is 1230. The van der Waals surface area contributed by atoms with Gasteiger partial charge in [-0.1, -0.05) is 30.3 Å². The van der Waals surface area contributed by atoms with Crippen LogP contribution in [0.5, 0.6) is 17.2 Å². The Balaban J connectivity index is 1.69. The summed E-state index contributed by atoms with van der Waals surface area (Å²) in [4.78, 5) is 17.7. The Hall–Kier alpha value is -4.06. The number of fused-ring (bicyclic) bond motifs is 1. The lowest BCUT2D eigenvalue weighted by molar-refractivity contribution is 0.102. The zero-order valence-corrected chi connectivity index (χ0v) is 18.2. The molecule has 6 heteroatoms. The first-order valence-electron chi connectivity index (χ1n) is 10.3. The van der Waals surface area contributed by atoms with Crippen molar-refractivity contribution < 1.29 is 19.0 Å². The smallest absolute Gasteiger partial charge is 0.255 e. The van der Waals surface area contributed by atoms with E-state index in [4.69, 9.17) is 19.2 Å². The van der Waals surface area contributed by atoms with Crippen LogP contribution in [0.4, 0.5) is 5.69 Å². The van der Waals surface area contributed by atoms with Crippen LogP contribution in [0.25, 0.3) is 22.2 Å². The molecule has 32 heavy (non-hydrogen) atoms. The molecule has 0 aliphatic rings. The van der Waals surface area contributed by atoms with Gasteiger partial charge in [0.2, 0.25) is 0 Å². The summed E-state index contributed by atoms with van der Waals surface area (Å²) in [6, 6.07) is 22.5. The van der Waals surface area contributed by atoms with Gasteiger partial charge in [0, 0.05) is 34.3 Å². The first-order valence-corrected chi connectivity index (χ1v) is 10.3. The second kappa shape index (κ2) is 9.39. The Kier molecular flexibility index (Phi) is 6.22. The largest absolute Gasteiger partial charge is 0.497 e. The fourth-order valence-corrected chi connectivity index (χ4v) is 3.45. The van der Waals surface area contributed by atoms with Crippen molar-refractivity contribution >= 4 is 22.5 Å². The highest BCUT2D eigenvalue weighted by atomic mass is 16.5. The molecule has 1 heterocycles. The number of rotatable bonds is 7. The number of nitrogens with zero attached hydrogens (tertiary/aromatic N) is 1. The summed E-state index contributed by atoms with van der Waals surface area (Å²) in [5, 5.41) is 3.76. The monoisotopic (exact) mass is 428 g/mol. The van der Waals surface area contributed by atoms with Crippen LogP contribution in [0.2, 0.25) is 0 Å². The molecule has 0 unspecified atom stereocenters. The van der Waals surface area contributed by atoms with Crippen molar-refractivity contribution in [3.8, 4) is 28.5 Å². The molecule has 0 aliphatic carbocycles. The Morgan fingerprint density at radius 2 is 1.62 bits per heavy atom. The number of amides is 1. The van der Waals surface area contributed by atoms with Crippen molar-refractivity contribution in [1.29, 1.82) is 0 Å². The summed E-state index contributed by atoms with van der Waals surface area (Å²) in [7, 11) is 3.09. The molecule has 0 saturated heterocycles. The van der Waals surface area contributed by atoms with Gasteiger partial charge in [-0.05, 0) is 37.3 Å². The minimum atomic E-state index is -0.270. The van der Waals surface area contributed by atoms with E-state index in [1.807, 2.05) is 61.5 Å². The first-order chi connectivity index (χ1) is 15.6. The zero-order chi connectivity index (χ0) is 22.5. The van der Waals surface area contributed by atoms with Gasteiger partial charge < -0.3 is 19.5 Å². The molecule has 4 rings (SSSR count). The van der Waals surface area contributed by atoms with E-state index in [0.29, 0.717) is 29.4 Å². The molecule has 4 aromatic rings. The highest BCUT2D eigenvalue weighted by Crippen LogP contribution is 2.32. The number of benzene rings is 3. The fourth-order valence-electron chi connectivity index (χ4n) is 3.45. The van der Waals surface area contributed by atoms with E-state index in [9.17, 15) is 4.79 Å². The molecule has 162 valence electrons. The van der Waals surface area contributed by atoms with Crippen molar-refractivity contribution in [2.75, 3.05) is 26.1 Å². The maximum atomic E-state index is 12.9. The van der Waals surface area contributed by atoms with Crippen molar-refractivity contribution in [2.24, 2.45) is 0 Å². The van der Waals surface area contributed by atoms with Crippen LogP contribution in [-0.2, 0) is 0 Å². The molecular formula is C26H24N2O4. The van der Waals surface area contributed by atoms with Crippen molar-refractivity contribution in [1.82, 2.24) is 4.98 Å². The lowest BCUT2D eigenvalue weighted by atomic mass is 10.1. The van der Waals surface area contributed by atoms with E-state index in [0.717, 1.165) is 27.9 Å². The Labute approximate surface area is 186 Å². The topological polar surface area (TPSA) is 69.7 Å². The number of pyridine rings is 1. The maximum Gasteiger partial charge on any atom is 0.255 e. The van der Waals surface area contributed by atoms with Crippen molar-refractivity contribution in [2.45, 2.75) is 6.92 Å². The number of carbonyl (C=O) groups is 1. The van der Waals surface area contributed by atoms with Crippen LogP contribution >= 0.6 is 0 Å². The normalized spacial score (nSPS) is 10.6. The fraction of sp³-hybridized carbons (Fsp3) is 0.154. The average molecular weight is 428 g/mol. The second-order valence-electron chi connectivity index (χ2n) is 7.09. The van der Waals surface area contributed by atoms with Gasteiger partial charge >= 0.3 is 0 Å². The second-order valence-corrected chi connectivity index (χ2v) is 7.09. The number of methoxy groups -OCH3 is 2. The summed E-state index contributed by atoms with van der Waals surface area (Å²) in [5.41, 5.74) is 3.71. The van der Waals surface area contributed by atoms with E-state index in [1.54, 1.807) is 32.4 Å². The molecule has 0 atom stereocenters. The van der Waals surface area contributed by atoms with Gasteiger partial charge in [0.15, 0.2) is 0 Å². The van der Waals surface area contributed by atoms with Gasteiger partial charge in [-0.3, -0.25) is 4.79 Å². The van der Waals surface area contributed by atoms with Crippen LogP contribution in [0.15, 0.2) is 72.8 Å². The Morgan fingerprint density at radius 3 is 2.28 bits per heavy atom. The van der Waals surface area contributed by atoms with Crippen LogP contribution in [0.3, 0.4) is 0 Å². The van der Waals surface area contributed by atoms with Gasteiger partial charge in [-0.15, -0.1) is 0 Å².